The molecule has 0 radical (unpaired) electrons. The molecule has 1 aromatic rings. The molecule has 2 heterocycles. The van der Waals surface area contributed by atoms with E-state index in [9.17, 15) is 0 Å². The number of aromatic nitrogens is 2. The summed E-state index contributed by atoms with van der Waals surface area (Å²) >= 11 is 0. The van der Waals surface area contributed by atoms with Crippen molar-refractivity contribution in [2.45, 2.75) is 77.5 Å². The second-order valence-electron chi connectivity index (χ2n) is 7.67. The fourth-order valence-electron chi connectivity index (χ4n) is 3.32. The van der Waals surface area contributed by atoms with Gasteiger partial charge in [-0.05, 0) is 46.5 Å². The lowest BCUT2D eigenvalue weighted by atomic mass is 9.81. The van der Waals surface area contributed by atoms with Crippen LogP contribution < -0.4 is 5.46 Å². The Kier molecular flexibility index (Phi) is 3.69. The summed E-state index contributed by atoms with van der Waals surface area (Å²) in [6, 6.07) is 0.523. The minimum Gasteiger partial charge on any atom is -0.399 e. The van der Waals surface area contributed by atoms with Gasteiger partial charge in [0.2, 0.25) is 0 Å². The molecule has 0 bridgehead atoms. The highest BCUT2D eigenvalue weighted by Crippen LogP contribution is 2.37. The van der Waals surface area contributed by atoms with E-state index in [1.54, 1.807) is 0 Å². The fraction of sp³-hybridized carbons (Fsp3) is 0.812. The Morgan fingerprint density at radius 3 is 2.38 bits per heavy atom. The predicted octanol–water partition coefficient (Wildman–Crippen LogP) is 2.93. The SMILES string of the molecule is C[C@H]1CCCCC1n1cc(B2OC(C)(C)C(C)(C)O2)cn1. The number of nitrogens with zero attached hydrogens (tertiary/aromatic N) is 2. The van der Waals surface area contributed by atoms with Gasteiger partial charge in [-0.15, -0.1) is 0 Å². The lowest BCUT2D eigenvalue weighted by Crippen LogP contribution is -2.41. The van der Waals surface area contributed by atoms with Gasteiger partial charge in [-0.3, -0.25) is 4.68 Å². The van der Waals surface area contributed by atoms with Crippen LogP contribution in [0, 0.1) is 5.92 Å². The maximum absolute atomic E-state index is 6.10. The zero-order chi connectivity index (χ0) is 15.3. The molecule has 0 N–H and O–H groups in total. The largest absolute Gasteiger partial charge is 0.498 e. The minimum absolute atomic E-state index is 0.294. The summed E-state index contributed by atoms with van der Waals surface area (Å²) in [5.41, 5.74) is 0.446. The van der Waals surface area contributed by atoms with Crippen LogP contribution in [0.4, 0.5) is 0 Å². The first kappa shape index (κ1) is 15.1. The summed E-state index contributed by atoms with van der Waals surface area (Å²) in [6.45, 7) is 10.7. The van der Waals surface area contributed by atoms with E-state index in [1.165, 1.54) is 25.7 Å². The standard InChI is InChI=1S/C16H27BN2O2/c1-12-8-6-7-9-14(12)19-11-13(10-18-19)17-20-15(2,3)16(4,5)21-17/h10-12,14H,6-9H2,1-5H3/t12-,14?/m0/s1. The Labute approximate surface area is 128 Å². The van der Waals surface area contributed by atoms with E-state index in [0.29, 0.717) is 12.0 Å². The average Bonchev–Trinajstić information content (AvgIpc) is 2.94. The molecule has 3 rings (SSSR count). The summed E-state index contributed by atoms with van der Waals surface area (Å²) in [5, 5.41) is 4.59. The monoisotopic (exact) mass is 290 g/mol. The van der Waals surface area contributed by atoms with Gasteiger partial charge in [0, 0.05) is 17.9 Å². The van der Waals surface area contributed by atoms with Crippen molar-refractivity contribution < 1.29 is 9.31 Å². The highest BCUT2D eigenvalue weighted by atomic mass is 16.7. The Morgan fingerprint density at radius 2 is 1.76 bits per heavy atom. The van der Waals surface area contributed by atoms with Gasteiger partial charge in [0.15, 0.2) is 0 Å². The van der Waals surface area contributed by atoms with Gasteiger partial charge in [0.1, 0.15) is 0 Å². The Bertz CT molecular complexity index is 496. The number of rotatable bonds is 2. The van der Waals surface area contributed by atoms with E-state index in [-0.39, 0.29) is 18.3 Å². The highest BCUT2D eigenvalue weighted by Gasteiger charge is 2.52. The lowest BCUT2D eigenvalue weighted by molar-refractivity contribution is 0.00578. The third-order valence-corrected chi connectivity index (χ3v) is 5.55. The summed E-state index contributed by atoms with van der Waals surface area (Å²) in [5.74, 6) is 0.699. The first-order chi connectivity index (χ1) is 9.80. The van der Waals surface area contributed by atoms with Crippen molar-refractivity contribution in [3.63, 3.8) is 0 Å². The van der Waals surface area contributed by atoms with Crippen LogP contribution in [0.5, 0.6) is 0 Å². The molecule has 116 valence electrons. The Hall–Kier alpha value is -0.805. The van der Waals surface area contributed by atoms with Gasteiger partial charge in [0.25, 0.3) is 0 Å². The van der Waals surface area contributed by atoms with Crippen LogP contribution in [0.25, 0.3) is 0 Å². The van der Waals surface area contributed by atoms with Crippen molar-refractivity contribution in [2.75, 3.05) is 0 Å². The van der Waals surface area contributed by atoms with Gasteiger partial charge < -0.3 is 9.31 Å². The van der Waals surface area contributed by atoms with Gasteiger partial charge in [-0.2, -0.15) is 5.10 Å². The van der Waals surface area contributed by atoms with E-state index >= 15 is 0 Å². The van der Waals surface area contributed by atoms with E-state index in [4.69, 9.17) is 9.31 Å². The summed E-state index contributed by atoms with van der Waals surface area (Å²) in [4.78, 5) is 0. The third-order valence-electron chi connectivity index (χ3n) is 5.55. The van der Waals surface area contributed by atoms with Gasteiger partial charge in [0.05, 0.1) is 17.2 Å². The topological polar surface area (TPSA) is 36.3 Å². The van der Waals surface area contributed by atoms with Crippen LogP contribution in [0.1, 0.15) is 66.3 Å². The molecule has 1 unspecified atom stereocenters. The zero-order valence-corrected chi connectivity index (χ0v) is 13.9. The van der Waals surface area contributed by atoms with Crippen molar-refractivity contribution in [2.24, 2.45) is 5.92 Å². The number of hydrogen-bond donors (Lipinski definition) is 0. The van der Waals surface area contributed by atoms with Gasteiger partial charge in [-0.25, -0.2) is 0 Å². The van der Waals surface area contributed by atoms with E-state index in [1.807, 2.05) is 6.20 Å². The molecule has 4 nitrogen and oxygen atoms in total. The molecule has 1 aromatic heterocycles. The van der Waals surface area contributed by atoms with Crippen LogP contribution >= 0.6 is 0 Å². The second kappa shape index (κ2) is 5.13. The normalized spacial score (nSPS) is 31.6. The summed E-state index contributed by atoms with van der Waals surface area (Å²) < 4.78 is 14.3. The molecule has 1 saturated heterocycles. The minimum atomic E-state index is -0.303. The number of hydrogen-bond acceptors (Lipinski definition) is 3. The molecule has 0 amide bonds. The molecule has 2 atom stereocenters. The fourth-order valence-corrected chi connectivity index (χ4v) is 3.32. The van der Waals surface area contributed by atoms with Crippen LogP contribution in [-0.2, 0) is 9.31 Å². The maximum Gasteiger partial charge on any atom is 0.498 e. The van der Waals surface area contributed by atoms with E-state index < -0.39 is 0 Å². The lowest BCUT2D eigenvalue weighted by Gasteiger charge is -2.32. The Balaban J connectivity index is 1.77. The molecule has 0 aromatic carbocycles. The second-order valence-corrected chi connectivity index (χ2v) is 7.67. The van der Waals surface area contributed by atoms with E-state index in [0.717, 1.165) is 5.46 Å². The molecule has 21 heavy (non-hydrogen) atoms. The molecule has 1 saturated carbocycles. The quantitative estimate of drug-likeness (QED) is 0.786. The van der Waals surface area contributed by atoms with Crippen molar-refractivity contribution in [3.8, 4) is 0 Å². The third kappa shape index (κ3) is 2.66. The highest BCUT2D eigenvalue weighted by molar-refractivity contribution is 6.61. The summed E-state index contributed by atoms with van der Waals surface area (Å²) in [7, 11) is -0.303. The molecule has 2 fully saturated rings. The molecular formula is C16H27BN2O2. The zero-order valence-electron chi connectivity index (χ0n) is 13.9. The summed E-state index contributed by atoms with van der Waals surface area (Å²) in [6.07, 6.45) is 9.21. The van der Waals surface area contributed by atoms with Crippen LogP contribution in [0.2, 0.25) is 0 Å². The first-order valence-electron chi connectivity index (χ1n) is 8.20. The average molecular weight is 290 g/mol. The van der Waals surface area contributed by atoms with Crippen molar-refractivity contribution in [3.05, 3.63) is 12.4 Å². The molecule has 0 spiro atoms. The predicted molar refractivity (Wildman–Crippen MR) is 84.6 cm³/mol. The van der Waals surface area contributed by atoms with Crippen molar-refractivity contribution in [1.82, 2.24) is 9.78 Å². The van der Waals surface area contributed by atoms with Crippen LogP contribution in [0.3, 0.4) is 0 Å². The molecule has 2 aliphatic rings. The van der Waals surface area contributed by atoms with Gasteiger partial charge >= 0.3 is 7.12 Å². The maximum atomic E-state index is 6.10. The van der Waals surface area contributed by atoms with Crippen LogP contribution in [-0.4, -0.2) is 28.1 Å². The van der Waals surface area contributed by atoms with Crippen molar-refractivity contribution >= 4 is 12.6 Å². The molecular weight excluding hydrogens is 263 g/mol. The molecule has 1 aliphatic heterocycles. The van der Waals surface area contributed by atoms with Gasteiger partial charge in [-0.1, -0.05) is 19.8 Å². The van der Waals surface area contributed by atoms with Crippen LogP contribution in [0.15, 0.2) is 12.4 Å². The smallest absolute Gasteiger partial charge is 0.399 e. The molecule has 1 aliphatic carbocycles. The Morgan fingerprint density at radius 1 is 1.14 bits per heavy atom. The van der Waals surface area contributed by atoms with E-state index in [2.05, 4.69) is 50.6 Å². The molecule has 5 heteroatoms. The van der Waals surface area contributed by atoms with Crippen molar-refractivity contribution in [1.29, 1.82) is 0 Å². The first-order valence-corrected chi connectivity index (χ1v) is 8.20.